The van der Waals surface area contributed by atoms with Crippen LogP contribution in [-0.2, 0) is 13.1 Å². The van der Waals surface area contributed by atoms with Gasteiger partial charge in [-0.15, -0.1) is 0 Å². The summed E-state index contributed by atoms with van der Waals surface area (Å²) in [6, 6.07) is 28.3. The van der Waals surface area contributed by atoms with Gasteiger partial charge < -0.3 is 14.8 Å². The fourth-order valence-corrected chi connectivity index (χ4v) is 5.26. The Morgan fingerprint density at radius 3 is 2.64 bits per heavy atom. The molecule has 0 saturated heterocycles. The summed E-state index contributed by atoms with van der Waals surface area (Å²) in [4.78, 5) is 25.8. The van der Waals surface area contributed by atoms with Gasteiger partial charge >= 0.3 is 0 Å². The maximum absolute atomic E-state index is 13.9. The van der Waals surface area contributed by atoms with Gasteiger partial charge in [-0.2, -0.15) is 0 Å². The average molecular weight is 493 g/mol. The molecule has 1 N–H and O–H groups in total. The summed E-state index contributed by atoms with van der Waals surface area (Å²) >= 11 is 6.52. The van der Waals surface area contributed by atoms with Crippen molar-refractivity contribution in [3.8, 4) is 11.1 Å². The Morgan fingerprint density at radius 2 is 1.78 bits per heavy atom. The molecule has 178 valence electrons. The fourth-order valence-electron chi connectivity index (χ4n) is 5.02. The van der Waals surface area contributed by atoms with Crippen molar-refractivity contribution in [2.24, 2.45) is 0 Å². The highest BCUT2D eigenvalue weighted by Crippen LogP contribution is 2.34. The molecule has 5 aromatic rings. The predicted molar refractivity (Wildman–Crippen MR) is 145 cm³/mol. The van der Waals surface area contributed by atoms with E-state index >= 15 is 0 Å². The van der Waals surface area contributed by atoms with Crippen molar-refractivity contribution in [1.29, 1.82) is 0 Å². The first kappa shape index (κ1) is 22.4. The number of hydrogen-bond donors (Lipinski definition) is 1. The van der Waals surface area contributed by atoms with E-state index in [9.17, 15) is 4.79 Å². The van der Waals surface area contributed by atoms with Crippen molar-refractivity contribution >= 4 is 34.0 Å². The Labute approximate surface area is 215 Å². The van der Waals surface area contributed by atoms with E-state index in [0.29, 0.717) is 31.2 Å². The normalized spacial score (nSPS) is 13.5. The molecule has 2 heterocycles. The quantitative estimate of drug-likeness (QED) is 0.309. The molecular formula is C30H25ClN4O. The van der Waals surface area contributed by atoms with Crippen LogP contribution in [0, 0.1) is 0 Å². The number of benzene rings is 4. The van der Waals surface area contributed by atoms with Gasteiger partial charge in [0.15, 0.2) is 0 Å². The van der Waals surface area contributed by atoms with Crippen LogP contribution in [0.4, 0.5) is 5.69 Å². The Bertz CT molecular complexity index is 1540. The summed E-state index contributed by atoms with van der Waals surface area (Å²) in [6.07, 6.45) is 3.61. The van der Waals surface area contributed by atoms with Crippen LogP contribution in [0.15, 0.2) is 97.3 Å². The number of nitrogens with zero attached hydrogens (tertiary/aromatic N) is 3. The van der Waals surface area contributed by atoms with E-state index in [-0.39, 0.29) is 5.91 Å². The minimum absolute atomic E-state index is 0.0424. The molecule has 1 amide bonds. The molecule has 6 rings (SSSR count). The molecule has 1 aliphatic rings. The number of carbonyl (C=O) groups is 1. The van der Waals surface area contributed by atoms with Crippen LogP contribution >= 0.6 is 11.6 Å². The summed E-state index contributed by atoms with van der Waals surface area (Å²) in [5.41, 5.74) is 4.95. The fraction of sp³-hybridized carbons (Fsp3) is 0.133. The van der Waals surface area contributed by atoms with Gasteiger partial charge in [-0.05, 0) is 46.2 Å². The molecule has 5 nitrogen and oxygen atoms in total. The number of amides is 1. The van der Waals surface area contributed by atoms with Crippen molar-refractivity contribution < 1.29 is 4.79 Å². The Kier molecular flexibility index (Phi) is 5.91. The molecule has 0 unspecified atom stereocenters. The van der Waals surface area contributed by atoms with E-state index < -0.39 is 0 Å². The summed E-state index contributed by atoms with van der Waals surface area (Å²) in [7, 11) is 0. The molecule has 0 atom stereocenters. The average Bonchev–Trinajstić information content (AvgIpc) is 3.36. The summed E-state index contributed by atoms with van der Waals surface area (Å²) in [6.45, 7) is 2.47. The number of aromatic nitrogens is 2. The topological polar surface area (TPSA) is 52.2 Å². The number of fused-ring (bicyclic) bond motifs is 2. The molecule has 1 aliphatic heterocycles. The van der Waals surface area contributed by atoms with Crippen molar-refractivity contribution in [3.05, 3.63) is 119 Å². The van der Waals surface area contributed by atoms with Gasteiger partial charge in [0.05, 0.1) is 6.54 Å². The van der Waals surface area contributed by atoms with Crippen LogP contribution in [0.5, 0.6) is 0 Å². The van der Waals surface area contributed by atoms with Crippen molar-refractivity contribution in [1.82, 2.24) is 14.9 Å². The third kappa shape index (κ3) is 4.23. The monoisotopic (exact) mass is 492 g/mol. The minimum atomic E-state index is 0.0424. The van der Waals surface area contributed by atoms with Gasteiger partial charge in [0.1, 0.15) is 5.82 Å². The second-order valence-corrected chi connectivity index (χ2v) is 9.44. The minimum Gasteiger partial charge on any atom is -0.362 e. The van der Waals surface area contributed by atoms with Gasteiger partial charge in [-0.25, -0.2) is 4.98 Å². The second-order valence-electron chi connectivity index (χ2n) is 9.03. The molecule has 0 saturated carbocycles. The van der Waals surface area contributed by atoms with Crippen LogP contribution < -0.4 is 4.90 Å². The number of anilines is 1. The number of imidazole rings is 1. The zero-order valence-corrected chi connectivity index (χ0v) is 20.4. The lowest BCUT2D eigenvalue weighted by Gasteiger charge is -2.24. The van der Waals surface area contributed by atoms with Crippen molar-refractivity contribution in [2.75, 3.05) is 18.0 Å². The van der Waals surface area contributed by atoms with E-state index in [4.69, 9.17) is 11.6 Å². The zero-order valence-electron chi connectivity index (χ0n) is 19.7. The summed E-state index contributed by atoms with van der Waals surface area (Å²) < 4.78 is 0. The lowest BCUT2D eigenvalue weighted by Crippen LogP contribution is -2.35. The number of rotatable bonds is 4. The van der Waals surface area contributed by atoms with Gasteiger partial charge in [0.2, 0.25) is 0 Å². The lowest BCUT2D eigenvalue weighted by atomic mass is 10.0. The highest BCUT2D eigenvalue weighted by molar-refractivity contribution is 6.33. The first-order valence-corrected chi connectivity index (χ1v) is 12.4. The van der Waals surface area contributed by atoms with Gasteiger partial charge in [-0.1, -0.05) is 72.3 Å². The first-order chi connectivity index (χ1) is 17.7. The SMILES string of the molecule is O=C(c1cccc2ccccc12)N1CCN(Cc2ncc[nH]2)c2ccc(-c3ccccc3Cl)cc2C1. The maximum atomic E-state index is 13.9. The van der Waals surface area contributed by atoms with E-state index in [2.05, 4.69) is 33.1 Å². The molecule has 36 heavy (non-hydrogen) atoms. The molecular weight excluding hydrogens is 468 g/mol. The lowest BCUT2D eigenvalue weighted by molar-refractivity contribution is 0.0753. The number of nitrogens with one attached hydrogen (secondary N) is 1. The number of halogens is 1. The van der Waals surface area contributed by atoms with Gasteiger partial charge in [0, 0.05) is 53.9 Å². The van der Waals surface area contributed by atoms with Crippen molar-refractivity contribution in [3.63, 3.8) is 0 Å². The zero-order chi connectivity index (χ0) is 24.5. The molecule has 0 aliphatic carbocycles. The molecule has 6 heteroatoms. The Balaban J connectivity index is 1.40. The number of hydrogen-bond acceptors (Lipinski definition) is 3. The molecule has 1 aromatic heterocycles. The van der Waals surface area contributed by atoms with E-state index in [1.807, 2.05) is 77.8 Å². The molecule has 0 fully saturated rings. The largest absolute Gasteiger partial charge is 0.362 e. The first-order valence-electron chi connectivity index (χ1n) is 12.1. The molecule has 0 bridgehead atoms. The summed E-state index contributed by atoms with van der Waals surface area (Å²) in [5, 5.41) is 2.76. The molecule has 0 radical (unpaired) electrons. The van der Waals surface area contributed by atoms with E-state index in [1.165, 1.54) is 0 Å². The number of H-pyrrole nitrogens is 1. The number of aromatic amines is 1. The van der Waals surface area contributed by atoms with Crippen LogP contribution in [0.2, 0.25) is 5.02 Å². The van der Waals surface area contributed by atoms with Crippen LogP contribution in [0.25, 0.3) is 21.9 Å². The highest BCUT2D eigenvalue weighted by atomic mass is 35.5. The standard InChI is InChI=1S/C30H25ClN4O/c31-27-11-4-3-9-25(27)22-12-13-28-23(18-22)19-35(17-16-34(28)20-29-32-14-15-33-29)30(36)26-10-5-7-21-6-1-2-8-24(21)26/h1-15,18H,16-17,19-20H2,(H,32,33). The second kappa shape index (κ2) is 9.51. The van der Waals surface area contributed by atoms with Crippen LogP contribution in [0.3, 0.4) is 0 Å². The third-order valence-electron chi connectivity index (χ3n) is 6.81. The van der Waals surface area contributed by atoms with Crippen LogP contribution in [0.1, 0.15) is 21.7 Å². The molecule has 0 spiro atoms. The third-order valence-corrected chi connectivity index (χ3v) is 7.14. The Morgan fingerprint density at radius 1 is 0.944 bits per heavy atom. The van der Waals surface area contributed by atoms with Crippen molar-refractivity contribution in [2.45, 2.75) is 13.1 Å². The predicted octanol–water partition coefficient (Wildman–Crippen LogP) is 6.55. The summed E-state index contributed by atoms with van der Waals surface area (Å²) in [5.74, 6) is 0.936. The molecule has 4 aromatic carbocycles. The van der Waals surface area contributed by atoms with E-state index in [0.717, 1.165) is 44.5 Å². The smallest absolute Gasteiger partial charge is 0.254 e. The Hall–Kier alpha value is -4.09. The number of carbonyl (C=O) groups excluding carboxylic acids is 1. The maximum Gasteiger partial charge on any atom is 0.254 e. The van der Waals surface area contributed by atoms with E-state index in [1.54, 1.807) is 6.20 Å². The van der Waals surface area contributed by atoms with Gasteiger partial charge in [0.25, 0.3) is 5.91 Å². The highest BCUT2D eigenvalue weighted by Gasteiger charge is 2.26. The van der Waals surface area contributed by atoms with Gasteiger partial charge in [-0.3, -0.25) is 4.79 Å². The van der Waals surface area contributed by atoms with Crippen LogP contribution in [-0.4, -0.2) is 33.9 Å².